The van der Waals surface area contributed by atoms with Gasteiger partial charge in [0.1, 0.15) is 17.5 Å². The molecule has 0 spiro atoms. The highest BCUT2D eigenvalue weighted by atomic mass is 19.1. The maximum Gasteiger partial charge on any atom is 0.338 e. The van der Waals surface area contributed by atoms with Gasteiger partial charge in [-0.25, -0.2) is 9.18 Å². The lowest BCUT2D eigenvalue weighted by Gasteiger charge is -2.26. The zero-order chi connectivity index (χ0) is 18.6. The van der Waals surface area contributed by atoms with Crippen LogP contribution in [0.3, 0.4) is 0 Å². The van der Waals surface area contributed by atoms with Crippen LogP contribution in [0.2, 0.25) is 0 Å². The molecule has 0 bridgehead atoms. The van der Waals surface area contributed by atoms with Gasteiger partial charge in [-0.05, 0) is 62.8 Å². The normalized spacial score (nSPS) is 18.6. The summed E-state index contributed by atoms with van der Waals surface area (Å²) in [5.74, 6) is -2.51. The number of carbonyl (C=O) groups is 2. The van der Waals surface area contributed by atoms with Gasteiger partial charge >= 0.3 is 5.97 Å². The molecule has 6 heteroatoms. The molecule has 1 aromatic carbocycles. The summed E-state index contributed by atoms with van der Waals surface area (Å²) in [5, 5.41) is 10.7. The van der Waals surface area contributed by atoms with Gasteiger partial charge in [-0.2, -0.15) is 0 Å². The van der Waals surface area contributed by atoms with Gasteiger partial charge in [0.25, 0.3) is 0 Å². The quantitative estimate of drug-likeness (QED) is 0.706. The number of carboxylic acids is 1. The van der Waals surface area contributed by atoms with Gasteiger partial charge in [0.05, 0.1) is 11.5 Å². The number of rotatable bonds is 7. The van der Waals surface area contributed by atoms with Gasteiger partial charge in [-0.3, -0.25) is 0 Å². The van der Waals surface area contributed by atoms with Gasteiger partial charge in [-0.15, -0.1) is 0 Å². The molecule has 1 saturated carbocycles. The third kappa shape index (κ3) is 4.94. The molecule has 1 fully saturated rings. The SMILES string of the molecule is CC(C)C(OC(=O)c1ccc(OC2(C)CCCC2)cc1)C(F)C(=O)[O-]. The highest BCUT2D eigenvalue weighted by Crippen LogP contribution is 2.34. The lowest BCUT2D eigenvalue weighted by atomic mass is 10.0. The van der Waals surface area contributed by atoms with E-state index >= 15 is 0 Å². The fourth-order valence-electron chi connectivity index (χ4n) is 3.03. The molecule has 1 aliphatic rings. The minimum absolute atomic E-state index is 0.180. The Hall–Kier alpha value is -2.11. The van der Waals surface area contributed by atoms with Crippen LogP contribution in [0.4, 0.5) is 4.39 Å². The van der Waals surface area contributed by atoms with Crippen molar-refractivity contribution >= 4 is 11.9 Å². The fourth-order valence-corrected chi connectivity index (χ4v) is 3.03. The largest absolute Gasteiger partial charge is 0.547 e. The van der Waals surface area contributed by atoms with E-state index in [-0.39, 0.29) is 11.2 Å². The first-order chi connectivity index (χ1) is 11.7. The number of hydrogen-bond acceptors (Lipinski definition) is 5. The number of carbonyl (C=O) groups excluding carboxylic acids is 2. The highest BCUT2D eigenvalue weighted by molar-refractivity contribution is 5.90. The molecule has 1 aliphatic carbocycles. The van der Waals surface area contributed by atoms with E-state index in [4.69, 9.17) is 9.47 Å². The van der Waals surface area contributed by atoms with E-state index in [0.717, 1.165) is 25.7 Å². The van der Waals surface area contributed by atoms with Crippen molar-refractivity contribution in [1.82, 2.24) is 0 Å². The van der Waals surface area contributed by atoms with Crippen LogP contribution in [0.1, 0.15) is 56.8 Å². The number of hydrogen-bond donors (Lipinski definition) is 0. The van der Waals surface area contributed by atoms with E-state index < -0.39 is 30.1 Å². The van der Waals surface area contributed by atoms with Crippen molar-refractivity contribution in [3.63, 3.8) is 0 Å². The Morgan fingerprint density at radius 2 is 1.72 bits per heavy atom. The Morgan fingerprint density at radius 3 is 2.20 bits per heavy atom. The Balaban J connectivity index is 2.02. The first-order valence-corrected chi connectivity index (χ1v) is 8.57. The fraction of sp³-hybridized carbons (Fsp3) is 0.579. The smallest absolute Gasteiger partial charge is 0.338 e. The van der Waals surface area contributed by atoms with Crippen LogP contribution in [0, 0.1) is 5.92 Å². The van der Waals surface area contributed by atoms with Crippen molar-refractivity contribution in [2.75, 3.05) is 0 Å². The lowest BCUT2D eigenvalue weighted by Crippen LogP contribution is -2.45. The standard InChI is InChI=1S/C19H25FO5/c1-12(2)16(15(20)17(21)22)24-18(23)13-6-8-14(9-7-13)25-19(3)10-4-5-11-19/h6-9,12,15-16H,4-5,10-11H2,1-3H3,(H,21,22)/p-1. The van der Waals surface area contributed by atoms with Gasteiger partial charge in [0.15, 0.2) is 6.17 Å². The van der Waals surface area contributed by atoms with Gasteiger partial charge < -0.3 is 19.4 Å². The number of halogens is 1. The maximum absolute atomic E-state index is 13.7. The van der Waals surface area contributed by atoms with E-state index in [1.807, 2.05) is 0 Å². The van der Waals surface area contributed by atoms with E-state index in [0.29, 0.717) is 5.75 Å². The molecular formula is C19H24FO5-. The summed E-state index contributed by atoms with van der Waals surface area (Å²) in [6.07, 6.45) is 0.502. The average Bonchev–Trinajstić information content (AvgIpc) is 2.98. The molecule has 2 rings (SSSR count). The average molecular weight is 351 g/mol. The lowest BCUT2D eigenvalue weighted by molar-refractivity contribution is -0.315. The molecule has 2 atom stereocenters. The van der Waals surface area contributed by atoms with Crippen molar-refractivity contribution in [1.29, 1.82) is 0 Å². The summed E-state index contributed by atoms with van der Waals surface area (Å²) in [4.78, 5) is 22.9. The predicted octanol–water partition coefficient (Wildman–Crippen LogP) is 2.67. The van der Waals surface area contributed by atoms with E-state index in [1.165, 1.54) is 12.1 Å². The summed E-state index contributed by atoms with van der Waals surface area (Å²) < 4.78 is 24.7. The Kier molecular flexibility index (Phi) is 6.03. The van der Waals surface area contributed by atoms with Gasteiger partial charge in [0, 0.05) is 0 Å². The van der Waals surface area contributed by atoms with Crippen molar-refractivity contribution in [3.05, 3.63) is 29.8 Å². The predicted molar refractivity (Wildman–Crippen MR) is 87.9 cm³/mol. The molecule has 1 aromatic rings. The van der Waals surface area contributed by atoms with Crippen molar-refractivity contribution in [3.8, 4) is 5.75 Å². The molecule has 0 radical (unpaired) electrons. The molecule has 2 unspecified atom stereocenters. The van der Waals surface area contributed by atoms with Crippen LogP contribution in [-0.4, -0.2) is 29.8 Å². The summed E-state index contributed by atoms with van der Waals surface area (Å²) in [5.41, 5.74) is 0.0286. The van der Waals surface area contributed by atoms with Crippen LogP contribution in [-0.2, 0) is 9.53 Å². The highest BCUT2D eigenvalue weighted by Gasteiger charge is 2.31. The zero-order valence-electron chi connectivity index (χ0n) is 14.8. The Morgan fingerprint density at radius 1 is 1.16 bits per heavy atom. The number of carboxylic acid groups (broad SMARTS) is 1. The van der Waals surface area contributed by atoms with Crippen LogP contribution in [0.5, 0.6) is 5.75 Å². The molecule has 5 nitrogen and oxygen atoms in total. The van der Waals surface area contributed by atoms with Crippen LogP contribution in [0.25, 0.3) is 0 Å². The molecule has 0 aliphatic heterocycles. The second-order valence-electron chi connectivity index (χ2n) is 7.12. The minimum Gasteiger partial charge on any atom is -0.547 e. The van der Waals surface area contributed by atoms with E-state index in [1.54, 1.807) is 26.0 Å². The molecule has 0 aromatic heterocycles. The van der Waals surface area contributed by atoms with Crippen molar-refractivity contribution in [2.24, 2.45) is 5.92 Å². The number of esters is 1. The number of benzene rings is 1. The third-order valence-electron chi connectivity index (χ3n) is 4.53. The molecule has 0 heterocycles. The molecule has 25 heavy (non-hydrogen) atoms. The number of aliphatic carboxylic acids is 1. The minimum atomic E-state index is -2.37. The summed E-state index contributed by atoms with van der Waals surface area (Å²) >= 11 is 0. The molecule has 0 N–H and O–H groups in total. The van der Waals surface area contributed by atoms with Crippen LogP contribution in [0.15, 0.2) is 24.3 Å². The summed E-state index contributed by atoms with van der Waals surface area (Å²) in [6, 6.07) is 6.38. The third-order valence-corrected chi connectivity index (χ3v) is 4.53. The van der Waals surface area contributed by atoms with Gasteiger partial charge in [-0.1, -0.05) is 13.8 Å². The second kappa shape index (κ2) is 7.85. The monoisotopic (exact) mass is 351 g/mol. The van der Waals surface area contributed by atoms with E-state index in [2.05, 4.69) is 6.92 Å². The number of alkyl halides is 1. The van der Waals surface area contributed by atoms with Crippen molar-refractivity contribution in [2.45, 2.75) is 64.3 Å². The van der Waals surface area contributed by atoms with Crippen molar-refractivity contribution < 1.29 is 28.6 Å². The van der Waals surface area contributed by atoms with Gasteiger partial charge in [0.2, 0.25) is 0 Å². The van der Waals surface area contributed by atoms with E-state index in [9.17, 15) is 19.1 Å². The topological polar surface area (TPSA) is 75.7 Å². The molecule has 0 amide bonds. The zero-order valence-corrected chi connectivity index (χ0v) is 14.8. The van der Waals surface area contributed by atoms with Crippen LogP contribution >= 0.6 is 0 Å². The Labute approximate surface area is 147 Å². The molecular weight excluding hydrogens is 327 g/mol. The molecule has 0 saturated heterocycles. The Bertz CT molecular complexity index is 605. The summed E-state index contributed by atoms with van der Waals surface area (Å²) in [6.45, 7) is 5.22. The van der Waals surface area contributed by atoms with Crippen LogP contribution < -0.4 is 9.84 Å². The molecule has 138 valence electrons. The second-order valence-corrected chi connectivity index (χ2v) is 7.12. The number of ether oxygens (including phenoxy) is 2. The summed E-state index contributed by atoms with van der Waals surface area (Å²) in [7, 11) is 0. The first-order valence-electron chi connectivity index (χ1n) is 8.57. The maximum atomic E-state index is 13.7. The first kappa shape index (κ1) is 19.2.